The van der Waals surface area contributed by atoms with Gasteiger partial charge in [-0.2, -0.15) is 0 Å². The van der Waals surface area contributed by atoms with E-state index in [0.29, 0.717) is 5.92 Å². The molecule has 0 atom stereocenters. The average Bonchev–Trinajstić information content (AvgIpc) is 2.23. The van der Waals surface area contributed by atoms with Gasteiger partial charge in [0.2, 0.25) is 5.91 Å². The highest BCUT2D eigenvalue weighted by Gasteiger charge is 2.06. The Morgan fingerprint density at radius 1 is 1.29 bits per heavy atom. The van der Waals surface area contributed by atoms with Crippen LogP contribution in [0.4, 0.5) is 14.5 Å². The van der Waals surface area contributed by atoms with Crippen molar-refractivity contribution in [1.29, 1.82) is 0 Å². The van der Waals surface area contributed by atoms with Gasteiger partial charge in [-0.1, -0.05) is 13.8 Å². The number of hydrogen-bond donors (Lipinski definition) is 2. The van der Waals surface area contributed by atoms with Crippen molar-refractivity contribution in [3.05, 3.63) is 29.8 Å². The number of amides is 1. The molecule has 1 aromatic rings. The first kappa shape index (κ1) is 13.6. The summed E-state index contributed by atoms with van der Waals surface area (Å²) in [7, 11) is 0. The van der Waals surface area contributed by atoms with Crippen LogP contribution in [0.5, 0.6) is 0 Å². The largest absolute Gasteiger partial charge is 0.325 e. The Kier molecular flexibility index (Phi) is 5.03. The van der Waals surface area contributed by atoms with Crippen LogP contribution in [0.25, 0.3) is 0 Å². The van der Waals surface area contributed by atoms with Crippen molar-refractivity contribution < 1.29 is 13.6 Å². The number of carbonyl (C=O) groups excluding carboxylic acids is 1. The van der Waals surface area contributed by atoms with Crippen molar-refractivity contribution in [2.75, 3.05) is 18.4 Å². The molecule has 1 amide bonds. The van der Waals surface area contributed by atoms with E-state index in [4.69, 9.17) is 0 Å². The van der Waals surface area contributed by atoms with Gasteiger partial charge < -0.3 is 10.6 Å². The van der Waals surface area contributed by atoms with Crippen molar-refractivity contribution in [2.24, 2.45) is 5.92 Å². The zero-order valence-electron chi connectivity index (χ0n) is 9.89. The zero-order valence-corrected chi connectivity index (χ0v) is 9.89. The van der Waals surface area contributed by atoms with Crippen molar-refractivity contribution in [1.82, 2.24) is 5.32 Å². The lowest BCUT2D eigenvalue weighted by Crippen LogP contribution is -2.30. The molecular formula is C12H16F2N2O. The summed E-state index contributed by atoms with van der Waals surface area (Å²) in [6.07, 6.45) is 0. The molecule has 0 spiro atoms. The van der Waals surface area contributed by atoms with E-state index in [-0.39, 0.29) is 18.1 Å². The molecular weight excluding hydrogens is 226 g/mol. The minimum atomic E-state index is -0.974. The monoisotopic (exact) mass is 242 g/mol. The number of halogens is 2. The highest BCUT2D eigenvalue weighted by Crippen LogP contribution is 2.12. The smallest absolute Gasteiger partial charge is 0.238 e. The maximum Gasteiger partial charge on any atom is 0.238 e. The number of anilines is 1. The summed E-state index contributed by atoms with van der Waals surface area (Å²) >= 11 is 0. The number of hydrogen-bond acceptors (Lipinski definition) is 2. The molecule has 5 heteroatoms. The van der Waals surface area contributed by atoms with Crippen LogP contribution in [0, 0.1) is 17.6 Å². The number of carbonyl (C=O) groups is 1. The molecule has 17 heavy (non-hydrogen) atoms. The van der Waals surface area contributed by atoms with E-state index in [9.17, 15) is 13.6 Å². The maximum atomic E-state index is 12.8. The molecule has 0 aliphatic carbocycles. The van der Waals surface area contributed by atoms with Gasteiger partial charge in [0.25, 0.3) is 0 Å². The Morgan fingerprint density at radius 2 is 2.00 bits per heavy atom. The fourth-order valence-corrected chi connectivity index (χ4v) is 1.25. The lowest BCUT2D eigenvalue weighted by Gasteiger charge is -2.08. The van der Waals surface area contributed by atoms with E-state index < -0.39 is 11.6 Å². The second-order valence-electron chi connectivity index (χ2n) is 4.20. The maximum absolute atomic E-state index is 12.8. The molecule has 0 aliphatic heterocycles. The van der Waals surface area contributed by atoms with Crippen molar-refractivity contribution in [2.45, 2.75) is 13.8 Å². The van der Waals surface area contributed by atoms with Crippen LogP contribution in [0.3, 0.4) is 0 Å². The molecule has 0 heterocycles. The first-order valence-electron chi connectivity index (χ1n) is 5.44. The summed E-state index contributed by atoms with van der Waals surface area (Å²) in [6, 6.07) is 3.25. The third-order valence-corrected chi connectivity index (χ3v) is 2.04. The predicted octanol–water partition coefficient (Wildman–Crippen LogP) is 2.15. The van der Waals surface area contributed by atoms with Gasteiger partial charge >= 0.3 is 0 Å². The van der Waals surface area contributed by atoms with Gasteiger partial charge in [-0.25, -0.2) is 8.78 Å². The molecule has 0 saturated carbocycles. The molecule has 94 valence electrons. The van der Waals surface area contributed by atoms with Crippen LogP contribution in [0.15, 0.2) is 18.2 Å². The summed E-state index contributed by atoms with van der Waals surface area (Å²) in [5, 5.41) is 5.43. The standard InChI is InChI=1S/C12H16F2N2O/c1-8(2)6-15-7-12(17)16-9-3-4-10(13)11(14)5-9/h3-5,8,15H,6-7H2,1-2H3,(H,16,17). The number of nitrogens with one attached hydrogen (secondary N) is 2. The lowest BCUT2D eigenvalue weighted by molar-refractivity contribution is -0.115. The highest BCUT2D eigenvalue weighted by molar-refractivity contribution is 5.92. The van der Waals surface area contributed by atoms with E-state index in [0.717, 1.165) is 18.7 Å². The summed E-state index contributed by atoms with van der Waals surface area (Å²) in [4.78, 5) is 11.4. The first-order valence-corrected chi connectivity index (χ1v) is 5.44. The normalized spacial score (nSPS) is 10.6. The highest BCUT2D eigenvalue weighted by atomic mass is 19.2. The topological polar surface area (TPSA) is 41.1 Å². The van der Waals surface area contributed by atoms with E-state index in [1.807, 2.05) is 13.8 Å². The Morgan fingerprint density at radius 3 is 2.59 bits per heavy atom. The minimum absolute atomic E-state index is 0.150. The van der Waals surface area contributed by atoms with Crippen LogP contribution in [-0.4, -0.2) is 19.0 Å². The molecule has 0 radical (unpaired) electrons. The molecule has 1 aromatic carbocycles. The average molecular weight is 242 g/mol. The van der Waals surface area contributed by atoms with Gasteiger partial charge in [0.05, 0.1) is 6.54 Å². The van der Waals surface area contributed by atoms with Gasteiger partial charge in [-0.3, -0.25) is 4.79 Å². The summed E-state index contributed by atoms with van der Waals surface area (Å²) < 4.78 is 25.5. The minimum Gasteiger partial charge on any atom is -0.325 e. The second kappa shape index (κ2) is 6.30. The van der Waals surface area contributed by atoms with Crippen molar-refractivity contribution in [3.63, 3.8) is 0 Å². The molecule has 0 saturated heterocycles. The number of benzene rings is 1. The second-order valence-corrected chi connectivity index (χ2v) is 4.20. The fraction of sp³-hybridized carbons (Fsp3) is 0.417. The van der Waals surface area contributed by atoms with Gasteiger partial charge in [0, 0.05) is 11.8 Å². The van der Waals surface area contributed by atoms with Crippen LogP contribution in [-0.2, 0) is 4.79 Å². The van der Waals surface area contributed by atoms with E-state index in [2.05, 4.69) is 10.6 Å². The van der Waals surface area contributed by atoms with E-state index >= 15 is 0 Å². The Labute approximate surface area is 99.2 Å². The SMILES string of the molecule is CC(C)CNCC(=O)Nc1ccc(F)c(F)c1. The lowest BCUT2D eigenvalue weighted by atomic mass is 10.2. The van der Waals surface area contributed by atoms with Crippen LogP contribution < -0.4 is 10.6 Å². The Bertz CT molecular complexity index is 394. The predicted molar refractivity (Wildman–Crippen MR) is 62.7 cm³/mol. The van der Waals surface area contributed by atoms with E-state index in [1.165, 1.54) is 6.07 Å². The summed E-state index contributed by atoms with van der Waals surface area (Å²) in [5.41, 5.74) is 0.250. The van der Waals surface area contributed by atoms with Gasteiger partial charge in [0.1, 0.15) is 0 Å². The quantitative estimate of drug-likeness (QED) is 0.830. The third kappa shape index (κ3) is 4.91. The Balaban J connectivity index is 2.42. The molecule has 1 rings (SSSR count). The zero-order chi connectivity index (χ0) is 12.8. The van der Waals surface area contributed by atoms with Crippen LogP contribution in [0.1, 0.15) is 13.8 Å². The first-order chi connectivity index (χ1) is 7.99. The molecule has 0 unspecified atom stereocenters. The molecule has 0 bridgehead atoms. The molecule has 0 aliphatic rings. The van der Waals surface area contributed by atoms with Gasteiger partial charge in [-0.15, -0.1) is 0 Å². The van der Waals surface area contributed by atoms with Crippen LogP contribution >= 0.6 is 0 Å². The molecule has 0 fully saturated rings. The molecule has 3 nitrogen and oxygen atoms in total. The summed E-state index contributed by atoms with van der Waals surface area (Å²) in [5.74, 6) is -1.73. The van der Waals surface area contributed by atoms with Gasteiger partial charge in [0.15, 0.2) is 11.6 Å². The van der Waals surface area contributed by atoms with Crippen molar-refractivity contribution in [3.8, 4) is 0 Å². The van der Waals surface area contributed by atoms with Crippen molar-refractivity contribution >= 4 is 11.6 Å². The Hall–Kier alpha value is -1.49. The third-order valence-electron chi connectivity index (χ3n) is 2.04. The van der Waals surface area contributed by atoms with Crippen LogP contribution in [0.2, 0.25) is 0 Å². The van der Waals surface area contributed by atoms with Gasteiger partial charge in [-0.05, 0) is 24.6 Å². The fourth-order valence-electron chi connectivity index (χ4n) is 1.25. The molecule has 2 N–H and O–H groups in total. The molecule has 0 aromatic heterocycles. The number of rotatable bonds is 5. The summed E-state index contributed by atoms with van der Waals surface area (Å²) in [6.45, 7) is 4.93. The van der Waals surface area contributed by atoms with E-state index in [1.54, 1.807) is 0 Å².